The molecule has 16 heavy (non-hydrogen) atoms. The summed E-state index contributed by atoms with van der Waals surface area (Å²) in [6.45, 7) is 2.16. The van der Waals surface area contributed by atoms with Crippen LogP contribution in [-0.2, 0) is 6.42 Å². The molecule has 0 fully saturated rings. The van der Waals surface area contributed by atoms with E-state index >= 15 is 0 Å². The largest absolute Gasteiger partial charge is 0.465 e. The summed E-state index contributed by atoms with van der Waals surface area (Å²) < 4.78 is 0. The fourth-order valence-corrected chi connectivity index (χ4v) is 0.714. The average molecular weight is 228 g/mol. The van der Waals surface area contributed by atoms with Crippen LogP contribution in [0.3, 0.4) is 0 Å². The Bertz CT molecular complexity index is 281. The van der Waals surface area contributed by atoms with Crippen LogP contribution >= 0.6 is 0 Å². The monoisotopic (exact) mass is 228 g/mol. The van der Waals surface area contributed by atoms with Gasteiger partial charge in [-0.2, -0.15) is 0 Å². The second kappa shape index (κ2) is 10.8. The Labute approximate surface area is 93.5 Å². The fraction of sp³-hybridized carbons (Fsp3) is 0.200. The van der Waals surface area contributed by atoms with E-state index in [0.717, 1.165) is 6.42 Å². The molecule has 0 saturated carbocycles. The van der Waals surface area contributed by atoms with Crippen LogP contribution in [0.15, 0.2) is 30.3 Å². The number of benzene rings is 1. The first kappa shape index (κ1) is 16.2. The summed E-state index contributed by atoms with van der Waals surface area (Å²) in [5, 5.41) is 14.4. The minimum absolute atomic E-state index is 1.14. The third kappa shape index (κ3) is 22.6. The Morgan fingerprint density at radius 3 is 1.56 bits per heavy atom. The number of hydrogen-bond donors (Lipinski definition) is 4. The number of carbonyl (C=O) groups is 2. The van der Waals surface area contributed by atoms with Crippen LogP contribution in [0, 0.1) is 0 Å². The van der Waals surface area contributed by atoms with Gasteiger partial charge in [-0.25, -0.2) is 9.59 Å². The summed E-state index contributed by atoms with van der Waals surface area (Å²) in [7, 11) is 0. The summed E-state index contributed by atoms with van der Waals surface area (Å²) >= 11 is 0. The van der Waals surface area contributed by atoms with Crippen molar-refractivity contribution in [2.24, 2.45) is 11.5 Å². The normalized spacial score (nSPS) is 7.56. The number of primary amides is 2. The second-order valence-electron chi connectivity index (χ2n) is 2.52. The molecular weight excluding hydrogens is 212 g/mol. The lowest BCUT2D eigenvalue weighted by atomic mass is 10.2. The lowest BCUT2D eigenvalue weighted by Crippen LogP contribution is -2.03. The fourth-order valence-electron chi connectivity index (χ4n) is 0.714. The molecule has 0 spiro atoms. The average Bonchev–Trinajstić information content (AvgIpc) is 2.17. The van der Waals surface area contributed by atoms with Crippen LogP contribution in [-0.4, -0.2) is 22.4 Å². The molecule has 2 amide bonds. The van der Waals surface area contributed by atoms with Crippen LogP contribution in [0.1, 0.15) is 12.5 Å². The highest BCUT2D eigenvalue weighted by Gasteiger charge is 1.79. The van der Waals surface area contributed by atoms with E-state index in [1.54, 1.807) is 0 Å². The lowest BCUT2D eigenvalue weighted by Gasteiger charge is -1.89. The molecule has 0 aliphatic carbocycles. The lowest BCUT2D eigenvalue weighted by molar-refractivity contribution is 0.204. The quantitative estimate of drug-likeness (QED) is 0.580. The highest BCUT2D eigenvalue weighted by atomic mass is 16.4. The summed E-state index contributed by atoms with van der Waals surface area (Å²) in [6, 6.07) is 10.5. The molecule has 6 N–H and O–H groups in total. The number of amides is 2. The maximum Gasteiger partial charge on any atom is 0.402 e. The van der Waals surface area contributed by atoms with Gasteiger partial charge in [0.2, 0.25) is 0 Å². The highest BCUT2D eigenvalue weighted by molar-refractivity contribution is 5.61. The third-order valence-electron chi connectivity index (χ3n) is 1.25. The van der Waals surface area contributed by atoms with Crippen LogP contribution in [0.5, 0.6) is 0 Å². The minimum Gasteiger partial charge on any atom is -0.465 e. The molecule has 6 nitrogen and oxygen atoms in total. The molecule has 90 valence electrons. The van der Waals surface area contributed by atoms with E-state index in [1.165, 1.54) is 5.56 Å². The molecule has 1 rings (SSSR count). The first-order valence-corrected chi connectivity index (χ1v) is 4.40. The van der Waals surface area contributed by atoms with Crippen LogP contribution in [0.2, 0.25) is 0 Å². The van der Waals surface area contributed by atoms with Gasteiger partial charge in [-0.1, -0.05) is 37.3 Å². The van der Waals surface area contributed by atoms with Gasteiger partial charge in [-0.05, 0) is 12.0 Å². The topological polar surface area (TPSA) is 127 Å². The number of aryl methyl sites for hydroxylation is 1. The number of nitrogens with two attached hydrogens (primary N) is 2. The zero-order chi connectivity index (χ0) is 13.0. The van der Waals surface area contributed by atoms with Crippen molar-refractivity contribution in [3.63, 3.8) is 0 Å². The zero-order valence-electron chi connectivity index (χ0n) is 8.96. The summed E-state index contributed by atoms with van der Waals surface area (Å²) in [6.07, 6.45) is -1.53. The van der Waals surface area contributed by atoms with Gasteiger partial charge in [0.1, 0.15) is 0 Å². The molecule has 0 aliphatic heterocycles. The molecule has 0 aliphatic rings. The van der Waals surface area contributed by atoms with Crippen molar-refractivity contribution in [2.75, 3.05) is 0 Å². The third-order valence-corrected chi connectivity index (χ3v) is 1.25. The van der Waals surface area contributed by atoms with Gasteiger partial charge in [-0.15, -0.1) is 0 Å². The molecule has 0 saturated heterocycles. The van der Waals surface area contributed by atoms with E-state index in [1.807, 2.05) is 6.07 Å². The van der Waals surface area contributed by atoms with Gasteiger partial charge in [0.15, 0.2) is 0 Å². The molecule has 1 aromatic rings. The predicted octanol–water partition coefficient (Wildman–Crippen LogP) is 1.50. The zero-order valence-corrected chi connectivity index (χ0v) is 8.96. The molecule has 0 atom stereocenters. The van der Waals surface area contributed by atoms with Crippen molar-refractivity contribution in [1.82, 2.24) is 0 Å². The van der Waals surface area contributed by atoms with Crippen molar-refractivity contribution >= 4 is 12.2 Å². The maximum atomic E-state index is 8.78. The number of carboxylic acid groups (broad SMARTS) is 2. The van der Waals surface area contributed by atoms with Gasteiger partial charge >= 0.3 is 12.2 Å². The Morgan fingerprint density at radius 1 is 1.06 bits per heavy atom. The molecule has 0 unspecified atom stereocenters. The Morgan fingerprint density at radius 2 is 1.38 bits per heavy atom. The molecule has 1 aromatic carbocycles. The van der Waals surface area contributed by atoms with Crippen molar-refractivity contribution in [3.05, 3.63) is 35.9 Å². The predicted molar refractivity (Wildman–Crippen MR) is 60.2 cm³/mol. The molecule has 0 heterocycles. The molecule has 0 aromatic heterocycles. The standard InChI is InChI=1S/C8H10.2CH3NO2/c1-2-8-6-4-3-5-7-8;2*2-1(3)4/h3-7H,2H2,1H3;2*2H2,(H,3,4). The molecule has 0 radical (unpaired) electrons. The van der Waals surface area contributed by atoms with Crippen LogP contribution in [0.4, 0.5) is 9.59 Å². The van der Waals surface area contributed by atoms with Gasteiger partial charge in [0.25, 0.3) is 0 Å². The Kier molecular flexibility index (Phi) is 11.0. The molecular formula is C10H16N2O4. The van der Waals surface area contributed by atoms with Crippen LogP contribution in [0.25, 0.3) is 0 Å². The SMILES string of the molecule is CCc1ccccc1.NC(=O)O.NC(=O)O. The van der Waals surface area contributed by atoms with Crippen molar-refractivity contribution in [1.29, 1.82) is 0 Å². The van der Waals surface area contributed by atoms with E-state index in [-0.39, 0.29) is 0 Å². The van der Waals surface area contributed by atoms with Crippen molar-refractivity contribution in [3.8, 4) is 0 Å². The van der Waals surface area contributed by atoms with E-state index < -0.39 is 12.2 Å². The maximum absolute atomic E-state index is 8.78. The Hall–Kier alpha value is -2.24. The van der Waals surface area contributed by atoms with Gasteiger partial charge < -0.3 is 21.7 Å². The summed E-state index contributed by atoms with van der Waals surface area (Å²) in [5.41, 5.74) is 9.47. The second-order valence-corrected chi connectivity index (χ2v) is 2.52. The molecule has 0 bridgehead atoms. The van der Waals surface area contributed by atoms with Crippen molar-refractivity contribution in [2.45, 2.75) is 13.3 Å². The van der Waals surface area contributed by atoms with Crippen LogP contribution < -0.4 is 11.5 Å². The van der Waals surface area contributed by atoms with E-state index in [9.17, 15) is 0 Å². The first-order valence-electron chi connectivity index (χ1n) is 4.40. The summed E-state index contributed by atoms with van der Waals surface area (Å²) in [4.78, 5) is 17.6. The first-order chi connectivity index (χ1) is 7.40. The Balaban J connectivity index is 0. The van der Waals surface area contributed by atoms with E-state index in [4.69, 9.17) is 19.8 Å². The van der Waals surface area contributed by atoms with Gasteiger partial charge in [0, 0.05) is 0 Å². The van der Waals surface area contributed by atoms with Crippen molar-refractivity contribution < 1.29 is 19.8 Å². The number of rotatable bonds is 1. The smallest absolute Gasteiger partial charge is 0.402 e. The van der Waals surface area contributed by atoms with E-state index in [0.29, 0.717) is 0 Å². The van der Waals surface area contributed by atoms with Gasteiger partial charge in [0.05, 0.1) is 0 Å². The molecule has 6 heteroatoms. The highest BCUT2D eigenvalue weighted by Crippen LogP contribution is 1.96. The van der Waals surface area contributed by atoms with Gasteiger partial charge in [-0.3, -0.25) is 0 Å². The number of hydrogen-bond acceptors (Lipinski definition) is 2. The van der Waals surface area contributed by atoms with E-state index in [2.05, 4.69) is 42.7 Å². The minimum atomic E-state index is -1.33. The summed E-state index contributed by atoms with van der Waals surface area (Å²) in [5.74, 6) is 0.